The Hall–Kier alpha value is -2.43. The van der Waals surface area contributed by atoms with E-state index in [0.717, 1.165) is 16.3 Å². The van der Waals surface area contributed by atoms with Crippen LogP contribution in [0.2, 0.25) is 5.02 Å². The molecule has 0 saturated heterocycles. The molecule has 0 unspecified atom stereocenters. The van der Waals surface area contributed by atoms with Crippen LogP contribution in [0.4, 0.5) is 5.69 Å². The highest BCUT2D eigenvalue weighted by Gasteiger charge is 2.19. The van der Waals surface area contributed by atoms with Crippen molar-refractivity contribution in [3.63, 3.8) is 0 Å². The number of halogens is 1. The number of benzene rings is 2. The highest BCUT2D eigenvalue weighted by Crippen LogP contribution is 2.26. The standard InChI is InChI=1S/C19H15ClN2OS/c1-2-12-22(16-6-4-3-5-7-16)19(23)17-13-24-18(21-17)14-8-10-15(20)11-9-14/h2-11,13H,1,12H2. The van der Waals surface area contributed by atoms with Crippen molar-refractivity contribution in [1.82, 2.24) is 4.98 Å². The van der Waals surface area contributed by atoms with E-state index in [2.05, 4.69) is 11.6 Å². The number of hydrogen-bond acceptors (Lipinski definition) is 3. The fourth-order valence-corrected chi connectivity index (χ4v) is 3.20. The minimum absolute atomic E-state index is 0.141. The summed E-state index contributed by atoms with van der Waals surface area (Å²) in [4.78, 5) is 19.0. The number of anilines is 1. The van der Waals surface area contributed by atoms with Crippen molar-refractivity contribution < 1.29 is 4.79 Å². The molecular weight excluding hydrogens is 340 g/mol. The van der Waals surface area contributed by atoms with Crippen molar-refractivity contribution in [1.29, 1.82) is 0 Å². The molecule has 3 rings (SSSR count). The van der Waals surface area contributed by atoms with Gasteiger partial charge >= 0.3 is 0 Å². The zero-order valence-corrected chi connectivity index (χ0v) is 14.4. The third-order valence-corrected chi connectivity index (χ3v) is 4.58. The average Bonchev–Trinajstić information content (AvgIpc) is 3.10. The van der Waals surface area contributed by atoms with Crippen LogP contribution < -0.4 is 4.90 Å². The van der Waals surface area contributed by atoms with E-state index in [1.807, 2.05) is 54.6 Å². The van der Waals surface area contributed by atoms with Crippen molar-refractivity contribution in [3.05, 3.63) is 83.3 Å². The Kier molecular flexibility index (Phi) is 5.08. The molecule has 3 aromatic rings. The number of thiazole rings is 1. The Morgan fingerprint density at radius 3 is 2.54 bits per heavy atom. The molecule has 0 radical (unpaired) electrons. The van der Waals surface area contributed by atoms with Gasteiger partial charge in [0.15, 0.2) is 0 Å². The monoisotopic (exact) mass is 354 g/mol. The highest BCUT2D eigenvalue weighted by molar-refractivity contribution is 7.13. The molecule has 0 bridgehead atoms. The van der Waals surface area contributed by atoms with E-state index in [9.17, 15) is 4.79 Å². The first-order valence-electron chi connectivity index (χ1n) is 7.38. The van der Waals surface area contributed by atoms with Crippen molar-refractivity contribution in [2.75, 3.05) is 11.4 Å². The zero-order chi connectivity index (χ0) is 16.9. The van der Waals surface area contributed by atoms with E-state index in [1.54, 1.807) is 16.4 Å². The lowest BCUT2D eigenvalue weighted by molar-refractivity contribution is 0.0985. The number of hydrogen-bond donors (Lipinski definition) is 0. The van der Waals surface area contributed by atoms with E-state index < -0.39 is 0 Å². The summed E-state index contributed by atoms with van der Waals surface area (Å²) >= 11 is 7.35. The van der Waals surface area contributed by atoms with Crippen LogP contribution in [0.5, 0.6) is 0 Å². The summed E-state index contributed by atoms with van der Waals surface area (Å²) in [5.41, 5.74) is 2.19. The van der Waals surface area contributed by atoms with E-state index in [4.69, 9.17) is 11.6 Å². The van der Waals surface area contributed by atoms with Gasteiger partial charge in [0.2, 0.25) is 0 Å². The highest BCUT2D eigenvalue weighted by atomic mass is 35.5. The molecule has 0 aliphatic rings. The number of aromatic nitrogens is 1. The normalized spacial score (nSPS) is 10.4. The predicted molar refractivity (Wildman–Crippen MR) is 101 cm³/mol. The maximum absolute atomic E-state index is 12.8. The van der Waals surface area contributed by atoms with Crippen LogP contribution in [0.3, 0.4) is 0 Å². The summed E-state index contributed by atoms with van der Waals surface area (Å²) in [5, 5.41) is 3.25. The third-order valence-electron chi connectivity index (χ3n) is 3.44. The van der Waals surface area contributed by atoms with Crippen LogP contribution in [0.1, 0.15) is 10.5 Å². The summed E-state index contributed by atoms with van der Waals surface area (Å²) < 4.78 is 0. The van der Waals surface area contributed by atoms with Gasteiger partial charge in [-0.25, -0.2) is 4.98 Å². The number of nitrogens with zero attached hydrogens (tertiary/aromatic N) is 2. The largest absolute Gasteiger partial charge is 0.303 e. The molecule has 0 saturated carbocycles. The zero-order valence-electron chi connectivity index (χ0n) is 12.9. The van der Waals surface area contributed by atoms with Gasteiger partial charge in [0.25, 0.3) is 5.91 Å². The first-order chi connectivity index (χ1) is 11.7. The molecule has 24 heavy (non-hydrogen) atoms. The Morgan fingerprint density at radius 1 is 1.17 bits per heavy atom. The molecule has 0 spiro atoms. The molecular formula is C19H15ClN2OS. The van der Waals surface area contributed by atoms with Crippen LogP contribution in [-0.4, -0.2) is 17.4 Å². The molecule has 0 atom stereocenters. The molecule has 1 heterocycles. The van der Waals surface area contributed by atoms with Gasteiger partial charge in [-0.15, -0.1) is 17.9 Å². The average molecular weight is 355 g/mol. The summed E-state index contributed by atoms with van der Waals surface area (Å²) in [6.45, 7) is 4.17. The van der Waals surface area contributed by atoms with Crippen molar-refractivity contribution in [3.8, 4) is 10.6 Å². The first kappa shape index (κ1) is 16.4. The van der Waals surface area contributed by atoms with Gasteiger partial charge in [-0.1, -0.05) is 48.0 Å². The molecule has 0 aliphatic heterocycles. The van der Waals surface area contributed by atoms with E-state index >= 15 is 0 Å². The summed E-state index contributed by atoms with van der Waals surface area (Å²) in [7, 11) is 0. The molecule has 3 nitrogen and oxygen atoms in total. The van der Waals surface area contributed by atoms with Gasteiger partial charge in [0.05, 0.1) is 0 Å². The van der Waals surface area contributed by atoms with E-state index in [1.165, 1.54) is 11.3 Å². The maximum atomic E-state index is 12.8. The van der Waals surface area contributed by atoms with Crippen LogP contribution in [0.15, 0.2) is 72.6 Å². The van der Waals surface area contributed by atoms with Gasteiger partial charge in [-0.3, -0.25) is 4.79 Å². The Labute approximate surface area is 149 Å². The predicted octanol–water partition coefficient (Wildman–Crippen LogP) is 5.30. The Bertz CT molecular complexity index is 843. The first-order valence-corrected chi connectivity index (χ1v) is 8.64. The quantitative estimate of drug-likeness (QED) is 0.583. The van der Waals surface area contributed by atoms with Gasteiger partial charge in [-0.2, -0.15) is 0 Å². The molecule has 1 amide bonds. The number of para-hydroxylation sites is 1. The topological polar surface area (TPSA) is 33.2 Å². The molecule has 0 N–H and O–H groups in total. The number of amides is 1. The third kappa shape index (κ3) is 3.55. The van der Waals surface area contributed by atoms with Gasteiger partial charge in [-0.05, 0) is 24.3 Å². The molecule has 5 heteroatoms. The minimum atomic E-state index is -0.141. The number of carbonyl (C=O) groups is 1. The second-order valence-corrected chi connectivity index (χ2v) is 6.38. The lowest BCUT2D eigenvalue weighted by Gasteiger charge is -2.20. The molecule has 1 aromatic heterocycles. The number of rotatable bonds is 5. The Morgan fingerprint density at radius 2 is 1.88 bits per heavy atom. The molecule has 120 valence electrons. The summed E-state index contributed by atoms with van der Waals surface area (Å²) in [6.07, 6.45) is 1.71. The van der Waals surface area contributed by atoms with Crippen molar-refractivity contribution in [2.45, 2.75) is 0 Å². The van der Waals surface area contributed by atoms with E-state index in [0.29, 0.717) is 17.3 Å². The van der Waals surface area contributed by atoms with Gasteiger partial charge in [0.1, 0.15) is 10.7 Å². The van der Waals surface area contributed by atoms with Crippen LogP contribution in [0.25, 0.3) is 10.6 Å². The SMILES string of the molecule is C=CCN(C(=O)c1csc(-c2ccc(Cl)cc2)n1)c1ccccc1. The summed E-state index contributed by atoms with van der Waals surface area (Å²) in [5.74, 6) is -0.141. The second kappa shape index (κ2) is 7.43. The number of carbonyl (C=O) groups excluding carboxylic acids is 1. The van der Waals surface area contributed by atoms with Gasteiger partial charge in [0, 0.05) is 28.2 Å². The molecule has 0 fully saturated rings. The fourth-order valence-electron chi connectivity index (χ4n) is 2.28. The molecule has 2 aromatic carbocycles. The smallest absolute Gasteiger partial charge is 0.278 e. The maximum Gasteiger partial charge on any atom is 0.278 e. The fraction of sp³-hybridized carbons (Fsp3) is 0.0526. The van der Waals surface area contributed by atoms with Crippen LogP contribution in [0, 0.1) is 0 Å². The van der Waals surface area contributed by atoms with Crippen LogP contribution >= 0.6 is 22.9 Å². The second-order valence-electron chi connectivity index (χ2n) is 5.08. The minimum Gasteiger partial charge on any atom is -0.303 e. The summed E-state index contributed by atoms with van der Waals surface area (Å²) in [6, 6.07) is 16.9. The Balaban J connectivity index is 1.89. The lowest BCUT2D eigenvalue weighted by Crippen LogP contribution is -2.31. The van der Waals surface area contributed by atoms with Crippen LogP contribution in [-0.2, 0) is 0 Å². The van der Waals surface area contributed by atoms with Crippen molar-refractivity contribution in [2.24, 2.45) is 0 Å². The van der Waals surface area contributed by atoms with Crippen molar-refractivity contribution >= 4 is 34.5 Å². The van der Waals surface area contributed by atoms with E-state index in [-0.39, 0.29) is 5.91 Å². The lowest BCUT2D eigenvalue weighted by atomic mass is 10.2. The van der Waals surface area contributed by atoms with Gasteiger partial charge < -0.3 is 4.90 Å². The molecule has 0 aliphatic carbocycles.